The van der Waals surface area contributed by atoms with Gasteiger partial charge in [0.05, 0.1) is 13.4 Å². The summed E-state index contributed by atoms with van der Waals surface area (Å²) >= 11 is 0. The molecule has 0 atom stereocenters. The quantitative estimate of drug-likeness (QED) is 0.776. The SMILES string of the molecule is COc1ccc(-c2nc(NC3CC3)c3ncn(C(C)C)c3n2)cc1. The van der Waals surface area contributed by atoms with Crippen molar-refractivity contribution in [1.29, 1.82) is 0 Å². The van der Waals surface area contributed by atoms with E-state index in [0.717, 1.165) is 28.3 Å². The lowest BCUT2D eigenvalue weighted by Gasteiger charge is -2.11. The van der Waals surface area contributed by atoms with Crippen molar-refractivity contribution in [3.05, 3.63) is 30.6 Å². The number of hydrogen-bond donors (Lipinski definition) is 1. The van der Waals surface area contributed by atoms with Gasteiger partial charge in [0.25, 0.3) is 0 Å². The maximum absolute atomic E-state index is 5.23. The van der Waals surface area contributed by atoms with Crippen LogP contribution in [0.2, 0.25) is 0 Å². The minimum absolute atomic E-state index is 0.294. The fourth-order valence-electron chi connectivity index (χ4n) is 2.69. The van der Waals surface area contributed by atoms with E-state index in [4.69, 9.17) is 14.7 Å². The zero-order chi connectivity index (χ0) is 16.7. The van der Waals surface area contributed by atoms with Gasteiger partial charge in [-0.3, -0.25) is 0 Å². The van der Waals surface area contributed by atoms with Crippen LogP contribution in [0.5, 0.6) is 5.75 Å². The van der Waals surface area contributed by atoms with Gasteiger partial charge in [-0.15, -0.1) is 0 Å². The Labute approximate surface area is 140 Å². The molecule has 1 saturated carbocycles. The summed E-state index contributed by atoms with van der Waals surface area (Å²) < 4.78 is 7.32. The van der Waals surface area contributed by atoms with Gasteiger partial charge in [-0.1, -0.05) is 0 Å². The maximum Gasteiger partial charge on any atom is 0.166 e. The van der Waals surface area contributed by atoms with Gasteiger partial charge >= 0.3 is 0 Å². The zero-order valence-electron chi connectivity index (χ0n) is 14.2. The fourth-order valence-corrected chi connectivity index (χ4v) is 2.69. The Morgan fingerprint density at radius 2 is 1.92 bits per heavy atom. The van der Waals surface area contributed by atoms with Crippen LogP contribution in [0.25, 0.3) is 22.6 Å². The standard InChI is InChI=1S/C18H21N5O/c1-11(2)23-10-19-15-17(20-13-6-7-13)21-16(22-18(15)23)12-4-8-14(24-3)9-5-12/h4-5,8-11,13H,6-7H2,1-3H3,(H,20,21,22). The largest absolute Gasteiger partial charge is 0.497 e. The second kappa shape index (κ2) is 5.78. The van der Waals surface area contributed by atoms with E-state index in [1.54, 1.807) is 7.11 Å². The number of hydrogen-bond acceptors (Lipinski definition) is 5. The lowest BCUT2D eigenvalue weighted by Crippen LogP contribution is -2.07. The molecule has 0 spiro atoms. The van der Waals surface area contributed by atoms with Crippen LogP contribution in [0.15, 0.2) is 30.6 Å². The fraction of sp³-hybridized carbons (Fsp3) is 0.389. The Balaban J connectivity index is 1.85. The van der Waals surface area contributed by atoms with E-state index in [1.165, 1.54) is 12.8 Å². The van der Waals surface area contributed by atoms with Gasteiger partial charge in [0.15, 0.2) is 17.3 Å². The van der Waals surface area contributed by atoms with Gasteiger partial charge in [0, 0.05) is 17.6 Å². The Morgan fingerprint density at radius 1 is 1.17 bits per heavy atom. The average Bonchev–Trinajstić information content (AvgIpc) is 3.30. The van der Waals surface area contributed by atoms with Gasteiger partial charge in [-0.2, -0.15) is 0 Å². The lowest BCUT2D eigenvalue weighted by molar-refractivity contribution is 0.415. The van der Waals surface area contributed by atoms with Crippen molar-refractivity contribution in [2.24, 2.45) is 0 Å². The molecule has 6 heteroatoms. The summed E-state index contributed by atoms with van der Waals surface area (Å²) in [4.78, 5) is 14.1. The first-order valence-corrected chi connectivity index (χ1v) is 8.31. The van der Waals surface area contributed by atoms with Crippen LogP contribution in [0.1, 0.15) is 32.7 Å². The molecule has 0 radical (unpaired) electrons. The molecule has 2 aromatic heterocycles. The van der Waals surface area contributed by atoms with Crippen LogP contribution in [0, 0.1) is 0 Å². The highest BCUT2D eigenvalue weighted by Gasteiger charge is 2.24. The van der Waals surface area contributed by atoms with Crippen molar-refractivity contribution in [1.82, 2.24) is 19.5 Å². The molecule has 1 aromatic carbocycles. The summed E-state index contributed by atoms with van der Waals surface area (Å²) in [5, 5.41) is 3.49. The van der Waals surface area contributed by atoms with Crippen molar-refractivity contribution in [2.75, 3.05) is 12.4 Å². The number of rotatable bonds is 5. The predicted octanol–water partition coefficient (Wildman–Crippen LogP) is 3.66. The maximum atomic E-state index is 5.23. The van der Waals surface area contributed by atoms with Crippen molar-refractivity contribution >= 4 is 17.0 Å². The van der Waals surface area contributed by atoms with Gasteiger partial charge in [0.1, 0.15) is 11.3 Å². The number of nitrogens with zero attached hydrogens (tertiary/aromatic N) is 4. The summed E-state index contributed by atoms with van der Waals surface area (Å²) in [6, 6.07) is 8.62. The van der Waals surface area contributed by atoms with E-state index in [1.807, 2.05) is 30.6 Å². The summed E-state index contributed by atoms with van der Waals surface area (Å²) in [5.41, 5.74) is 2.68. The molecule has 1 fully saturated rings. The van der Waals surface area contributed by atoms with Crippen LogP contribution in [-0.4, -0.2) is 32.7 Å². The van der Waals surface area contributed by atoms with E-state index in [-0.39, 0.29) is 0 Å². The van der Waals surface area contributed by atoms with Gasteiger partial charge in [-0.25, -0.2) is 15.0 Å². The number of fused-ring (bicyclic) bond motifs is 1. The normalized spacial score (nSPS) is 14.3. The summed E-state index contributed by atoms with van der Waals surface area (Å²) in [7, 11) is 1.66. The van der Waals surface area contributed by atoms with Crippen LogP contribution in [-0.2, 0) is 0 Å². The monoisotopic (exact) mass is 323 g/mol. The van der Waals surface area contributed by atoms with Crippen LogP contribution < -0.4 is 10.1 Å². The minimum atomic E-state index is 0.294. The number of methoxy groups -OCH3 is 1. The molecule has 1 aliphatic rings. The molecule has 0 saturated heterocycles. The van der Waals surface area contributed by atoms with E-state index >= 15 is 0 Å². The average molecular weight is 323 g/mol. The molecular weight excluding hydrogens is 302 g/mol. The van der Waals surface area contributed by atoms with Crippen molar-refractivity contribution in [3.63, 3.8) is 0 Å². The summed E-state index contributed by atoms with van der Waals surface area (Å²) in [6.45, 7) is 4.26. The van der Waals surface area contributed by atoms with Crippen LogP contribution in [0.3, 0.4) is 0 Å². The zero-order valence-corrected chi connectivity index (χ0v) is 14.2. The molecule has 0 bridgehead atoms. The van der Waals surface area contributed by atoms with Crippen LogP contribution >= 0.6 is 0 Å². The van der Waals surface area contributed by atoms with Gasteiger partial charge < -0.3 is 14.6 Å². The third-order valence-electron chi connectivity index (χ3n) is 4.24. The number of anilines is 1. The molecule has 0 unspecified atom stereocenters. The van der Waals surface area contributed by atoms with E-state index in [9.17, 15) is 0 Å². The first-order chi connectivity index (χ1) is 11.7. The summed E-state index contributed by atoms with van der Waals surface area (Å²) in [5.74, 6) is 2.35. The first kappa shape index (κ1) is 14.9. The predicted molar refractivity (Wildman–Crippen MR) is 94.3 cm³/mol. The molecule has 1 aliphatic carbocycles. The number of aromatic nitrogens is 4. The third-order valence-corrected chi connectivity index (χ3v) is 4.24. The molecule has 124 valence electrons. The molecular formula is C18H21N5O. The topological polar surface area (TPSA) is 64.9 Å². The molecule has 24 heavy (non-hydrogen) atoms. The highest BCUT2D eigenvalue weighted by Crippen LogP contribution is 2.30. The van der Waals surface area contributed by atoms with Gasteiger partial charge in [-0.05, 0) is 51.0 Å². The molecule has 2 heterocycles. The number of imidazole rings is 1. The number of ether oxygens (including phenoxy) is 1. The molecule has 4 rings (SSSR count). The minimum Gasteiger partial charge on any atom is -0.497 e. The molecule has 6 nitrogen and oxygen atoms in total. The first-order valence-electron chi connectivity index (χ1n) is 8.31. The Bertz CT molecular complexity index is 865. The van der Waals surface area contributed by atoms with E-state index in [0.29, 0.717) is 17.9 Å². The molecule has 0 aliphatic heterocycles. The Hall–Kier alpha value is -2.63. The molecule has 1 N–H and O–H groups in total. The summed E-state index contributed by atoms with van der Waals surface area (Å²) in [6.07, 6.45) is 4.22. The van der Waals surface area contributed by atoms with Crippen molar-refractivity contribution in [2.45, 2.75) is 38.8 Å². The Morgan fingerprint density at radius 3 is 2.54 bits per heavy atom. The second-order valence-corrected chi connectivity index (χ2v) is 6.46. The number of benzene rings is 1. The van der Waals surface area contributed by atoms with Gasteiger partial charge in [0.2, 0.25) is 0 Å². The second-order valence-electron chi connectivity index (χ2n) is 6.46. The lowest BCUT2D eigenvalue weighted by atomic mass is 10.2. The van der Waals surface area contributed by atoms with E-state index in [2.05, 4.69) is 28.7 Å². The molecule has 3 aromatic rings. The molecule has 0 amide bonds. The number of nitrogens with one attached hydrogen (secondary N) is 1. The van der Waals surface area contributed by atoms with Crippen LogP contribution in [0.4, 0.5) is 5.82 Å². The van der Waals surface area contributed by atoms with E-state index < -0.39 is 0 Å². The smallest absolute Gasteiger partial charge is 0.166 e. The Kier molecular flexibility index (Phi) is 3.59. The third kappa shape index (κ3) is 2.68. The van der Waals surface area contributed by atoms with Crippen molar-refractivity contribution in [3.8, 4) is 17.1 Å². The van der Waals surface area contributed by atoms with Crippen molar-refractivity contribution < 1.29 is 4.74 Å². The highest BCUT2D eigenvalue weighted by atomic mass is 16.5. The highest BCUT2D eigenvalue weighted by molar-refractivity contribution is 5.85.